The Bertz CT molecular complexity index is 1400. The number of halogens is 4. The third kappa shape index (κ3) is 4.87. The monoisotopic (exact) mass is 512 g/mol. The second kappa shape index (κ2) is 9.58. The number of alkyl halides is 3. The van der Waals surface area contributed by atoms with Crippen LogP contribution in [0.1, 0.15) is 28.6 Å². The summed E-state index contributed by atoms with van der Waals surface area (Å²) >= 11 is 6.01. The molecule has 36 heavy (non-hydrogen) atoms. The van der Waals surface area contributed by atoms with Crippen molar-refractivity contribution in [3.63, 3.8) is 0 Å². The molecule has 184 valence electrons. The van der Waals surface area contributed by atoms with Gasteiger partial charge in [-0.1, -0.05) is 60.1 Å². The quantitative estimate of drug-likeness (QED) is 0.315. The van der Waals surface area contributed by atoms with Gasteiger partial charge in [-0.05, 0) is 47.0 Å². The summed E-state index contributed by atoms with van der Waals surface area (Å²) in [7, 11) is 1.53. The van der Waals surface area contributed by atoms with Crippen LogP contribution >= 0.6 is 11.6 Å². The van der Waals surface area contributed by atoms with Gasteiger partial charge in [0, 0.05) is 10.7 Å². The highest BCUT2D eigenvalue weighted by atomic mass is 35.5. The number of benzene rings is 3. The molecule has 6 nitrogen and oxygen atoms in total. The topological polar surface area (TPSA) is 61.2 Å². The summed E-state index contributed by atoms with van der Waals surface area (Å²) in [5.41, 5.74) is 2.92. The average molecular weight is 513 g/mol. The van der Waals surface area contributed by atoms with Crippen molar-refractivity contribution in [1.82, 2.24) is 14.8 Å². The van der Waals surface area contributed by atoms with Crippen molar-refractivity contribution in [3.8, 4) is 11.5 Å². The minimum absolute atomic E-state index is 0.0256. The first-order valence-corrected chi connectivity index (χ1v) is 11.3. The lowest BCUT2D eigenvalue weighted by Gasteiger charge is -2.25. The van der Waals surface area contributed by atoms with E-state index >= 15 is 0 Å². The summed E-state index contributed by atoms with van der Waals surface area (Å²) < 4.78 is 53.1. The van der Waals surface area contributed by atoms with Crippen LogP contribution in [0, 0.1) is 0 Å². The van der Waals surface area contributed by atoms with Crippen LogP contribution in [0.5, 0.6) is 11.5 Å². The van der Waals surface area contributed by atoms with Gasteiger partial charge in [0.2, 0.25) is 5.95 Å². The molecule has 5 rings (SSSR count). The molecule has 1 atom stereocenters. The summed E-state index contributed by atoms with van der Waals surface area (Å²) in [5, 5.41) is 7.27. The van der Waals surface area contributed by atoms with Gasteiger partial charge in [0.25, 0.3) is 5.82 Å². The maximum atomic E-state index is 13.5. The van der Waals surface area contributed by atoms with Crippen molar-refractivity contribution < 1.29 is 22.6 Å². The highest BCUT2D eigenvalue weighted by molar-refractivity contribution is 6.30. The number of nitrogens with zero attached hydrogens (tertiary/aromatic N) is 3. The zero-order chi connectivity index (χ0) is 25.3. The van der Waals surface area contributed by atoms with Crippen molar-refractivity contribution in [1.29, 1.82) is 0 Å². The fourth-order valence-corrected chi connectivity index (χ4v) is 4.00. The van der Waals surface area contributed by atoms with E-state index < -0.39 is 18.0 Å². The number of aromatic nitrogens is 3. The largest absolute Gasteiger partial charge is 0.493 e. The summed E-state index contributed by atoms with van der Waals surface area (Å²) in [6, 6.07) is 21.1. The number of hydrogen-bond acceptors (Lipinski definition) is 5. The van der Waals surface area contributed by atoms with Crippen LogP contribution in [0.4, 0.5) is 19.1 Å². The molecule has 2 heterocycles. The van der Waals surface area contributed by atoms with Crippen molar-refractivity contribution in [2.45, 2.75) is 18.8 Å². The molecule has 1 unspecified atom stereocenters. The Morgan fingerprint density at radius 3 is 2.44 bits per heavy atom. The molecule has 0 radical (unpaired) electrons. The summed E-state index contributed by atoms with van der Waals surface area (Å²) in [6.07, 6.45) is -2.91. The Labute approximate surface area is 210 Å². The van der Waals surface area contributed by atoms with Gasteiger partial charge in [-0.3, -0.25) is 0 Å². The van der Waals surface area contributed by atoms with Crippen molar-refractivity contribution in [2.75, 3.05) is 12.4 Å². The van der Waals surface area contributed by atoms with E-state index in [0.717, 1.165) is 11.1 Å². The minimum Gasteiger partial charge on any atom is -0.493 e. The number of fused-ring (bicyclic) bond motifs is 1. The third-order valence-electron chi connectivity index (χ3n) is 5.64. The van der Waals surface area contributed by atoms with E-state index in [1.165, 1.54) is 11.8 Å². The number of methoxy groups -OCH3 is 1. The molecule has 0 spiro atoms. The predicted molar refractivity (Wildman–Crippen MR) is 130 cm³/mol. The predicted octanol–water partition coefficient (Wildman–Crippen LogP) is 6.59. The average Bonchev–Trinajstić information content (AvgIpc) is 3.33. The zero-order valence-electron chi connectivity index (χ0n) is 19.0. The van der Waals surface area contributed by atoms with E-state index in [0.29, 0.717) is 34.4 Å². The number of rotatable bonds is 6. The van der Waals surface area contributed by atoms with Gasteiger partial charge in [-0.25, -0.2) is 4.68 Å². The Morgan fingerprint density at radius 1 is 1.00 bits per heavy atom. The lowest BCUT2D eigenvalue weighted by Crippen LogP contribution is -2.20. The first kappa shape index (κ1) is 23.7. The molecule has 4 aromatic rings. The molecule has 10 heteroatoms. The van der Waals surface area contributed by atoms with Crippen molar-refractivity contribution in [2.24, 2.45) is 0 Å². The normalized spacial score (nSPS) is 15.0. The molecule has 1 aliphatic heterocycles. The first-order valence-electron chi connectivity index (χ1n) is 10.9. The van der Waals surface area contributed by atoms with Gasteiger partial charge < -0.3 is 14.8 Å². The van der Waals surface area contributed by atoms with Crippen LogP contribution in [-0.4, -0.2) is 21.9 Å². The van der Waals surface area contributed by atoms with Crippen LogP contribution in [0.3, 0.4) is 0 Å². The highest BCUT2D eigenvalue weighted by Crippen LogP contribution is 2.38. The summed E-state index contributed by atoms with van der Waals surface area (Å²) in [6.45, 7) is 0.297. The summed E-state index contributed by atoms with van der Waals surface area (Å²) in [5.74, 6) is -0.297. The lowest BCUT2D eigenvalue weighted by atomic mass is 10.0. The third-order valence-corrected chi connectivity index (χ3v) is 5.89. The van der Waals surface area contributed by atoms with E-state index in [1.807, 2.05) is 30.3 Å². The Balaban J connectivity index is 1.56. The number of nitrogens with one attached hydrogen (secondary N) is 1. The number of hydrogen-bond donors (Lipinski definition) is 1. The zero-order valence-corrected chi connectivity index (χ0v) is 19.7. The van der Waals surface area contributed by atoms with E-state index in [1.54, 1.807) is 48.5 Å². The van der Waals surface area contributed by atoms with E-state index in [4.69, 9.17) is 21.1 Å². The van der Waals surface area contributed by atoms with E-state index in [9.17, 15) is 13.2 Å². The fraction of sp³-hybridized carbons (Fsp3) is 0.154. The first-order chi connectivity index (χ1) is 17.3. The molecule has 1 aromatic heterocycles. The van der Waals surface area contributed by atoms with Gasteiger partial charge in [0.15, 0.2) is 11.5 Å². The molecule has 1 N–H and O–H groups in total. The fourth-order valence-electron chi connectivity index (χ4n) is 3.87. The molecule has 0 aliphatic carbocycles. The Morgan fingerprint density at radius 2 is 1.75 bits per heavy atom. The Hall–Kier alpha value is -3.98. The van der Waals surface area contributed by atoms with Crippen LogP contribution < -0.4 is 14.8 Å². The van der Waals surface area contributed by atoms with Crippen LogP contribution in [-0.2, 0) is 12.8 Å². The number of ether oxygens (including phenoxy) is 2. The van der Waals surface area contributed by atoms with Gasteiger partial charge in [-0.15, -0.1) is 5.10 Å². The summed E-state index contributed by atoms with van der Waals surface area (Å²) in [4.78, 5) is 3.72. The Kier molecular flexibility index (Phi) is 6.32. The maximum absolute atomic E-state index is 13.5. The minimum atomic E-state index is -4.69. The smallest absolute Gasteiger partial charge is 0.453 e. The van der Waals surface area contributed by atoms with Gasteiger partial charge in [0.05, 0.1) is 7.11 Å². The van der Waals surface area contributed by atoms with E-state index in [2.05, 4.69) is 15.4 Å². The van der Waals surface area contributed by atoms with Crippen LogP contribution in [0.2, 0.25) is 5.02 Å². The number of allylic oxidation sites excluding steroid dienone is 1. The molecule has 0 saturated carbocycles. The molecule has 1 aliphatic rings. The van der Waals surface area contributed by atoms with Crippen molar-refractivity contribution >= 4 is 23.2 Å². The SMILES string of the molecule is COc1ccc(C2C=C(c3ccc(Cl)cc3)Nc3nc(C(F)(F)F)nn32)cc1OCc1ccccc1. The van der Waals surface area contributed by atoms with Gasteiger partial charge >= 0.3 is 6.18 Å². The van der Waals surface area contributed by atoms with Crippen LogP contribution in [0.15, 0.2) is 78.9 Å². The highest BCUT2D eigenvalue weighted by Gasteiger charge is 2.39. The molecular formula is C26H20ClF3N4O2. The van der Waals surface area contributed by atoms with E-state index in [-0.39, 0.29) is 5.95 Å². The lowest BCUT2D eigenvalue weighted by molar-refractivity contribution is -0.145. The van der Waals surface area contributed by atoms with Gasteiger partial charge in [-0.2, -0.15) is 18.2 Å². The standard InChI is InChI=1S/C26H20ClF3N4O2/c1-35-22-12-9-18(13-23(22)36-15-16-5-3-2-4-6-16)21-14-20(17-7-10-19(27)11-8-17)31-25-32-24(26(28,29)30)33-34(21)25/h2-14,21H,15H2,1H3,(H,31,32,33). The maximum Gasteiger partial charge on any atom is 0.453 e. The molecule has 0 bridgehead atoms. The number of anilines is 1. The molecular weight excluding hydrogens is 493 g/mol. The second-order valence-corrected chi connectivity index (χ2v) is 8.48. The molecule has 0 saturated heterocycles. The van der Waals surface area contributed by atoms with Gasteiger partial charge in [0.1, 0.15) is 12.6 Å². The molecule has 0 amide bonds. The molecule has 3 aromatic carbocycles. The molecule has 0 fully saturated rings. The van der Waals surface area contributed by atoms with Crippen LogP contribution in [0.25, 0.3) is 5.70 Å². The second-order valence-electron chi connectivity index (χ2n) is 8.04. The van der Waals surface area contributed by atoms with Crippen molar-refractivity contribution in [3.05, 3.63) is 106 Å².